The molecule has 1 heterocycles. The molecule has 0 atom stereocenters. The minimum Gasteiger partial charge on any atom is -0.497 e. The molecule has 4 aromatic carbocycles. The zero-order valence-corrected chi connectivity index (χ0v) is 15.2. The van der Waals surface area contributed by atoms with Gasteiger partial charge >= 0.3 is 0 Å². The fourth-order valence-electron chi connectivity index (χ4n) is 3.72. The Balaban J connectivity index is 2.02. The number of hydrogen-bond acceptors (Lipinski definition) is 6. The standard InChI is InChI=1S/C22H14N2O4/c1-3-10-4-6-13-14(8-10)21(26)19-18(20(13)25)24-17-16(23-19)12-7-5-11(28-2)9-15(12)22(17)27/h4-9H,3H2,1-2H3. The van der Waals surface area contributed by atoms with Crippen molar-refractivity contribution in [1.82, 2.24) is 9.97 Å². The fourth-order valence-corrected chi connectivity index (χ4v) is 3.72. The van der Waals surface area contributed by atoms with Gasteiger partial charge in [-0.05, 0) is 42.3 Å². The summed E-state index contributed by atoms with van der Waals surface area (Å²) in [5, 5.41) is 1.63. The van der Waals surface area contributed by atoms with Gasteiger partial charge in [-0.15, -0.1) is 0 Å². The van der Waals surface area contributed by atoms with Crippen LogP contribution in [0.3, 0.4) is 0 Å². The van der Waals surface area contributed by atoms with E-state index in [1.165, 1.54) is 7.11 Å². The normalized spacial score (nSPS) is 11.8. The van der Waals surface area contributed by atoms with Crippen molar-refractivity contribution in [3.05, 3.63) is 72.6 Å². The Labute approximate surface area is 157 Å². The molecule has 0 aliphatic rings. The summed E-state index contributed by atoms with van der Waals surface area (Å²) in [5.74, 6) is 0.538. The number of aromatic nitrogens is 2. The van der Waals surface area contributed by atoms with Crippen molar-refractivity contribution in [2.24, 2.45) is 0 Å². The predicted molar refractivity (Wildman–Crippen MR) is 109 cm³/mol. The van der Waals surface area contributed by atoms with Gasteiger partial charge in [0.2, 0.25) is 16.3 Å². The molecule has 0 bridgehead atoms. The largest absolute Gasteiger partial charge is 0.497 e. The lowest BCUT2D eigenvalue weighted by Gasteiger charge is -2.03. The monoisotopic (exact) mass is 370 g/mol. The van der Waals surface area contributed by atoms with Crippen LogP contribution in [0.5, 0.6) is 5.75 Å². The summed E-state index contributed by atoms with van der Waals surface area (Å²) in [5.41, 5.74) is 0.272. The number of fused-ring (bicyclic) bond motifs is 5. The number of ether oxygens (including phenoxy) is 1. The highest BCUT2D eigenvalue weighted by Crippen LogP contribution is 2.26. The molecular weight excluding hydrogens is 356 g/mol. The van der Waals surface area contributed by atoms with Crippen LogP contribution in [-0.2, 0) is 6.42 Å². The molecule has 0 fully saturated rings. The second-order valence-corrected chi connectivity index (χ2v) is 6.75. The van der Waals surface area contributed by atoms with Crippen molar-refractivity contribution >= 4 is 43.6 Å². The number of hydrogen-bond donors (Lipinski definition) is 0. The van der Waals surface area contributed by atoms with Crippen molar-refractivity contribution in [2.75, 3.05) is 7.11 Å². The summed E-state index contributed by atoms with van der Waals surface area (Å²) >= 11 is 0. The van der Waals surface area contributed by atoms with Crippen LogP contribution in [0.25, 0.3) is 43.6 Å². The summed E-state index contributed by atoms with van der Waals surface area (Å²) in [6, 6.07) is 10.3. The highest BCUT2D eigenvalue weighted by atomic mass is 16.5. The highest BCUT2D eigenvalue weighted by Gasteiger charge is 2.19. The average Bonchev–Trinajstić information content (AvgIpc) is 3.01. The van der Waals surface area contributed by atoms with E-state index in [1.807, 2.05) is 13.0 Å². The van der Waals surface area contributed by atoms with Gasteiger partial charge in [0, 0.05) is 21.5 Å². The maximum Gasteiger partial charge on any atom is 0.214 e. The molecule has 28 heavy (non-hydrogen) atoms. The van der Waals surface area contributed by atoms with E-state index in [9.17, 15) is 14.4 Å². The average molecular weight is 370 g/mol. The SMILES string of the molecule is CCc1ccc2c(=O)c3nc4c(=O)c5cc(OC)ccc5c4nc3c(=O)c2c1. The number of methoxy groups -OCH3 is 1. The molecule has 0 aliphatic heterocycles. The van der Waals surface area contributed by atoms with E-state index in [0.717, 1.165) is 12.0 Å². The lowest BCUT2D eigenvalue weighted by atomic mass is 10.0. The quantitative estimate of drug-likeness (QED) is 0.444. The van der Waals surface area contributed by atoms with Gasteiger partial charge < -0.3 is 4.74 Å². The maximum absolute atomic E-state index is 13.1. The predicted octanol–water partition coefficient (Wildman–Crippen LogP) is 2.62. The summed E-state index contributed by atoms with van der Waals surface area (Å²) in [6.07, 6.45) is 0.751. The molecule has 0 amide bonds. The molecule has 0 saturated heterocycles. The molecule has 0 N–H and O–H groups in total. The van der Waals surface area contributed by atoms with E-state index >= 15 is 0 Å². The van der Waals surface area contributed by atoms with Gasteiger partial charge in [0.15, 0.2) is 0 Å². The minimum atomic E-state index is -0.385. The van der Waals surface area contributed by atoms with E-state index < -0.39 is 0 Å². The lowest BCUT2D eigenvalue weighted by molar-refractivity contribution is 0.415. The first kappa shape index (κ1) is 16.5. The van der Waals surface area contributed by atoms with Gasteiger partial charge in [0.05, 0.1) is 7.11 Å². The molecule has 1 aromatic heterocycles. The third kappa shape index (κ3) is 2.05. The Morgan fingerprint density at radius 3 is 1.96 bits per heavy atom. The summed E-state index contributed by atoms with van der Waals surface area (Å²) in [6.45, 7) is 1.98. The van der Waals surface area contributed by atoms with Crippen molar-refractivity contribution in [3.63, 3.8) is 0 Å². The first-order valence-electron chi connectivity index (χ1n) is 8.91. The van der Waals surface area contributed by atoms with Gasteiger partial charge in [-0.3, -0.25) is 14.4 Å². The van der Waals surface area contributed by atoms with E-state index in [0.29, 0.717) is 32.8 Å². The smallest absolute Gasteiger partial charge is 0.214 e. The van der Waals surface area contributed by atoms with Crippen molar-refractivity contribution in [1.29, 1.82) is 0 Å². The molecule has 0 saturated carbocycles. The zero-order valence-electron chi connectivity index (χ0n) is 15.2. The molecule has 0 unspecified atom stereocenters. The summed E-state index contributed by atoms with van der Waals surface area (Å²) < 4.78 is 5.18. The third-order valence-electron chi connectivity index (χ3n) is 5.25. The lowest BCUT2D eigenvalue weighted by Crippen LogP contribution is -2.16. The molecule has 136 valence electrons. The molecule has 0 spiro atoms. The second-order valence-electron chi connectivity index (χ2n) is 6.75. The van der Waals surface area contributed by atoms with Gasteiger partial charge in [-0.1, -0.05) is 13.0 Å². The number of nitrogens with zero attached hydrogens (tertiary/aromatic N) is 2. The minimum absolute atomic E-state index is 0.000899. The fraction of sp³-hybridized carbons (Fsp3) is 0.136. The molecule has 6 nitrogen and oxygen atoms in total. The first-order chi connectivity index (χ1) is 13.5. The molecule has 0 aliphatic carbocycles. The number of rotatable bonds is 2. The molecule has 6 heteroatoms. The van der Waals surface area contributed by atoms with Gasteiger partial charge in [-0.25, -0.2) is 9.97 Å². The topological polar surface area (TPSA) is 86.2 Å². The van der Waals surface area contributed by atoms with Crippen LogP contribution in [0, 0.1) is 0 Å². The Morgan fingerprint density at radius 2 is 1.29 bits per heavy atom. The number of benzene rings is 3. The molecule has 0 radical (unpaired) electrons. The van der Waals surface area contributed by atoms with Crippen LogP contribution < -0.4 is 21.0 Å². The van der Waals surface area contributed by atoms with E-state index in [4.69, 9.17) is 4.74 Å². The van der Waals surface area contributed by atoms with E-state index in [2.05, 4.69) is 9.97 Å². The zero-order chi connectivity index (χ0) is 19.6. The van der Waals surface area contributed by atoms with E-state index in [-0.39, 0.29) is 32.8 Å². The Kier molecular flexibility index (Phi) is 3.34. The van der Waals surface area contributed by atoms with Crippen LogP contribution >= 0.6 is 0 Å². The van der Waals surface area contributed by atoms with Crippen LogP contribution in [0.4, 0.5) is 0 Å². The summed E-state index contributed by atoms with van der Waals surface area (Å²) in [7, 11) is 1.52. The van der Waals surface area contributed by atoms with Crippen LogP contribution in [0.15, 0.2) is 50.8 Å². The highest BCUT2D eigenvalue weighted by molar-refractivity contribution is 6.11. The van der Waals surface area contributed by atoms with Crippen LogP contribution in [0.1, 0.15) is 12.5 Å². The van der Waals surface area contributed by atoms with E-state index in [1.54, 1.807) is 30.3 Å². The molecular formula is C22H14N2O4. The second kappa shape index (κ2) is 5.66. The van der Waals surface area contributed by atoms with Gasteiger partial charge in [0.1, 0.15) is 27.8 Å². The molecule has 5 aromatic rings. The Bertz CT molecular complexity index is 1600. The Morgan fingerprint density at radius 1 is 0.714 bits per heavy atom. The maximum atomic E-state index is 13.1. The Hall–Kier alpha value is -3.67. The van der Waals surface area contributed by atoms with Gasteiger partial charge in [0.25, 0.3) is 0 Å². The van der Waals surface area contributed by atoms with Crippen LogP contribution in [-0.4, -0.2) is 17.1 Å². The number of aryl methyl sites for hydroxylation is 1. The van der Waals surface area contributed by atoms with Crippen molar-refractivity contribution < 1.29 is 4.74 Å². The van der Waals surface area contributed by atoms with Crippen LogP contribution in [0.2, 0.25) is 0 Å². The first-order valence-corrected chi connectivity index (χ1v) is 8.91. The third-order valence-corrected chi connectivity index (χ3v) is 5.25. The van der Waals surface area contributed by atoms with Crippen molar-refractivity contribution in [3.8, 4) is 5.75 Å². The van der Waals surface area contributed by atoms with Crippen molar-refractivity contribution in [2.45, 2.75) is 13.3 Å². The summed E-state index contributed by atoms with van der Waals surface area (Å²) in [4.78, 5) is 47.5. The molecule has 5 rings (SSSR count). The van der Waals surface area contributed by atoms with Gasteiger partial charge in [-0.2, -0.15) is 0 Å².